The van der Waals surface area contributed by atoms with E-state index in [4.69, 9.17) is 0 Å². The van der Waals surface area contributed by atoms with Crippen molar-refractivity contribution in [1.82, 2.24) is 5.32 Å². The molecule has 24 heavy (non-hydrogen) atoms. The van der Waals surface area contributed by atoms with Crippen LogP contribution in [0.15, 0.2) is 54.6 Å². The Hall–Kier alpha value is -2.34. The van der Waals surface area contributed by atoms with Crippen molar-refractivity contribution in [1.29, 1.82) is 0 Å². The van der Waals surface area contributed by atoms with E-state index in [9.17, 15) is 13.2 Å². The van der Waals surface area contributed by atoms with Crippen LogP contribution in [0.1, 0.15) is 29.8 Å². The van der Waals surface area contributed by atoms with Gasteiger partial charge in [-0.25, -0.2) is 8.42 Å². The largest absolute Gasteiger partial charge is 0.352 e. The predicted molar refractivity (Wildman–Crippen MR) is 96.3 cm³/mol. The summed E-state index contributed by atoms with van der Waals surface area (Å²) in [6.07, 6.45) is 0. The molecular formula is C18H22N2O3S. The molecule has 0 aromatic heterocycles. The molecule has 1 amide bonds. The number of benzene rings is 2. The minimum Gasteiger partial charge on any atom is -0.352 e. The van der Waals surface area contributed by atoms with Crippen molar-refractivity contribution in [2.24, 2.45) is 5.92 Å². The first kappa shape index (κ1) is 18.0. The van der Waals surface area contributed by atoms with E-state index in [-0.39, 0.29) is 17.3 Å². The number of anilines is 1. The fourth-order valence-electron chi connectivity index (χ4n) is 2.16. The molecule has 0 radical (unpaired) electrons. The predicted octanol–water partition coefficient (Wildman–Crippen LogP) is 3.01. The first-order valence-corrected chi connectivity index (χ1v) is 9.44. The Labute approximate surface area is 143 Å². The Morgan fingerprint density at radius 2 is 1.62 bits per heavy atom. The lowest BCUT2D eigenvalue weighted by molar-refractivity contribution is 0.0950. The van der Waals surface area contributed by atoms with E-state index < -0.39 is 10.0 Å². The number of rotatable bonds is 7. The minimum absolute atomic E-state index is 0.143. The summed E-state index contributed by atoms with van der Waals surface area (Å²) in [5.41, 5.74) is 1.29. The van der Waals surface area contributed by atoms with Crippen LogP contribution in [0.3, 0.4) is 0 Å². The summed E-state index contributed by atoms with van der Waals surface area (Å²) < 4.78 is 27.3. The Kier molecular flexibility index (Phi) is 5.98. The molecule has 2 N–H and O–H groups in total. The van der Waals surface area contributed by atoms with Crippen molar-refractivity contribution in [2.45, 2.75) is 19.6 Å². The standard InChI is InChI=1S/C18H22N2O3S/c1-14(2)12-19-18(21)16-10-6-7-11-17(16)20-24(22,23)13-15-8-4-3-5-9-15/h3-11,14,20H,12-13H2,1-2H3,(H,19,21). The molecule has 0 aliphatic rings. The maximum atomic E-state index is 12.4. The average molecular weight is 346 g/mol. The molecule has 2 aromatic rings. The second-order valence-corrected chi connectivity index (χ2v) is 7.72. The molecule has 0 fully saturated rings. The van der Waals surface area contributed by atoms with Crippen molar-refractivity contribution in [3.8, 4) is 0 Å². The third-order valence-corrected chi connectivity index (χ3v) is 4.55. The molecule has 128 valence electrons. The number of para-hydroxylation sites is 1. The monoisotopic (exact) mass is 346 g/mol. The Bertz CT molecular complexity index is 787. The zero-order chi connectivity index (χ0) is 17.6. The third kappa shape index (κ3) is 5.38. The molecule has 0 aliphatic heterocycles. The SMILES string of the molecule is CC(C)CNC(=O)c1ccccc1NS(=O)(=O)Cc1ccccc1. The number of amides is 1. The molecule has 5 nitrogen and oxygen atoms in total. The highest BCUT2D eigenvalue weighted by Gasteiger charge is 2.17. The fraction of sp³-hybridized carbons (Fsp3) is 0.278. The van der Waals surface area contributed by atoms with Gasteiger partial charge in [-0.15, -0.1) is 0 Å². The van der Waals surface area contributed by atoms with Gasteiger partial charge < -0.3 is 5.32 Å². The van der Waals surface area contributed by atoms with Gasteiger partial charge in [0.1, 0.15) is 0 Å². The highest BCUT2D eigenvalue weighted by molar-refractivity contribution is 7.91. The number of sulfonamides is 1. The molecule has 0 unspecified atom stereocenters. The Morgan fingerprint density at radius 1 is 1.00 bits per heavy atom. The number of carbonyl (C=O) groups excluding carboxylic acids is 1. The van der Waals surface area contributed by atoms with Crippen LogP contribution in [0.4, 0.5) is 5.69 Å². The summed E-state index contributed by atoms with van der Waals surface area (Å²) in [5.74, 6) is -0.118. The van der Waals surface area contributed by atoms with Gasteiger partial charge in [-0.2, -0.15) is 0 Å². The van der Waals surface area contributed by atoms with Gasteiger partial charge in [0.25, 0.3) is 5.91 Å². The number of hydrogen-bond acceptors (Lipinski definition) is 3. The van der Waals surface area contributed by atoms with Crippen LogP contribution in [-0.4, -0.2) is 20.9 Å². The van der Waals surface area contributed by atoms with Gasteiger partial charge in [-0.05, 0) is 23.6 Å². The lowest BCUT2D eigenvalue weighted by Gasteiger charge is -2.13. The van der Waals surface area contributed by atoms with Crippen LogP contribution in [0.25, 0.3) is 0 Å². The first-order valence-electron chi connectivity index (χ1n) is 7.79. The molecule has 0 heterocycles. The molecule has 0 bridgehead atoms. The van der Waals surface area contributed by atoms with Crippen molar-refractivity contribution in [3.05, 3.63) is 65.7 Å². The van der Waals surface area contributed by atoms with E-state index in [1.54, 1.807) is 48.5 Å². The van der Waals surface area contributed by atoms with E-state index in [1.807, 2.05) is 19.9 Å². The van der Waals surface area contributed by atoms with Crippen LogP contribution in [0.2, 0.25) is 0 Å². The van der Waals surface area contributed by atoms with Gasteiger partial charge in [0.15, 0.2) is 0 Å². The van der Waals surface area contributed by atoms with Gasteiger partial charge in [-0.3, -0.25) is 9.52 Å². The van der Waals surface area contributed by atoms with E-state index in [2.05, 4.69) is 10.0 Å². The normalized spacial score (nSPS) is 11.3. The number of carbonyl (C=O) groups is 1. The van der Waals surface area contributed by atoms with Crippen LogP contribution >= 0.6 is 0 Å². The fourth-order valence-corrected chi connectivity index (χ4v) is 3.38. The van der Waals surface area contributed by atoms with Gasteiger partial charge in [-0.1, -0.05) is 56.3 Å². The Balaban J connectivity index is 2.16. The smallest absolute Gasteiger partial charge is 0.253 e. The third-order valence-electron chi connectivity index (χ3n) is 3.31. The highest BCUT2D eigenvalue weighted by atomic mass is 32.2. The zero-order valence-corrected chi connectivity index (χ0v) is 14.6. The zero-order valence-electron chi connectivity index (χ0n) is 13.8. The van der Waals surface area contributed by atoms with Gasteiger partial charge >= 0.3 is 0 Å². The van der Waals surface area contributed by atoms with Crippen LogP contribution in [0.5, 0.6) is 0 Å². The molecule has 0 saturated carbocycles. The van der Waals surface area contributed by atoms with Crippen LogP contribution in [0, 0.1) is 5.92 Å². The quantitative estimate of drug-likeness (QED) is 0.809. The minimum atomic E-state index is -3.60. The molecule has 0 atom stereocenters. The topological polar surface area (TPSA) is 75.3 Å². The van der Waals surface area contributed by atoms with E-state index in [0.29, 0.717) is 23.6 Å². The molecule has 0 saturated heterocycles. The van der Waals surface area contributed by atoms with Crippen LogP contribution in [-0.2, 0) is 15.8 Å². The van der Waals surface area contributed by atoms with E-state index in [1.165, 1.54) is 0 Å². The van der Waals surface area contributed by atoms with Crippen molar-refractivity contribution in [3.63, 3.8) is 0 Å². The summed E-state index contributed by atoms with van der Waals surface area (Å²) in [6, 6.07) is 15.5. The van der Waals surface area contributed by atoms with E-state index in [0.717, 1.165) is 0 Å². The lowest BCUT2D eigenvalue weighted by atomic mass is 10.1. The van der Waals surface area contributed by atoms with Crippen molar-refractivity contribution in [2.75, 3.05) is 11.3 Å². The van der Waals surface area contributed by atoms with Crippen molar-refractivity contribution < 1.29 is 13.2 Å². The van der Waals surface area contributed by atoms with E-state index >= 15 is 0 Å². The average Bonchev–Trinajstić information content (AvgIpc) is 2.53. The molecule has 0 aliphatic carbocycles. The van der Waals surface area contributed by atoms with Crippen LogP contribution < -0.4 is 10.0 Å². The van der Waals surface area contributed by atoms with Gasteiger partial charge in [0.2, 0.25) is 10.0 Å². The second kappa shape index (κ2) is 7.97. The van der Waals surface area contributed by atoms with Crippen molar-refractivity contribution >= 4 is 21.6 Å². The number of nitrogens with one attached hydrogen (secondary N) is 2. The molecule has 6 heteroatoms. The summed E-state index contributed by atoms with van der Waals surface area (Å²) in [4.78, 5) is 12.3. The summed E-state index contributed by atoms with van der Waals surface area (Å²) in [7, 11) is -3.60. The van der Waals surface area contributed by atoms with Gasteiger partial charge in [0, 0.05) is 6.54 Å². The molecule has 2 rings (SSSR count). The summed E-state index contributed by atoms with van der Waals surface area (Å²) in [6.45, 7) is 4.52. The van der Waals surface area contributed by atoms with Gasteiger partial charge in [0.05, 0.1) is 17.0 Å². The summed E-state index contributed by atoms with van der Waals surface area (Å²) >= 11 is 0. The highest BCUT2D eigenvalue weighted by Crippen LogP contribution is 2.18. The number of hydrogen-bond donors (Lipinski definition) is 2. The first-order chi connectivity index (χ1) is 11.4. The maximum absolute atomic E-state index is 12.4. The Morgan fingerprint density at radius 3 is 2.29 bits per heavy atom. The summed E-state index contributed by atoms with van der Waals surface area (Å²) in [5, 5.41) is 2.80. The second-order valence-electron chi connectivity index (χ2n) is 6.00. The molecule has 0 spiro atoms. The maximum Gasteiger partial charge on any atom is 0.253 e. The molecule has 2 aromatic carbocycles. The lowest BCUT2D eigenvalue weighted by Crippen LogP contribution is -2.28. The molecular weight excluding hydrogens is 324 g/mol.